The molecule has 1 saturated heterocycles. The van der Waals surface area contributed by atoms with Gasteiger partial charge in [-0.15, -0.1) is 0 Å². The fourth-order valence-corrected chi connectivity index (χ4v) is 3.23. The third kappa shape index (κ3) is 3.61. The predicted molar refractivity (Wildman–Crippen MR) is 86.7 cm³/mol. The van der Waals surface area contributed by atoms with E-state index in [0.717, 1.165) is 44.6 Å². The number of hydrogen-bond donors (Lipinski definition) is 1. The van der Waals surface area contributed by atoms with Crippen molar-refractivity contribution in [2.75, 3.05) is 20.2 Å². The number of ether oxygens (including phenoxy) is 1. The van der Waals surface area contributed by atoms with Crippen LogP contribution in [0.2, 0.25) is 0 Å². The minimum absolute atomic E-state index is 0.344. The lowest BCUT2D eigenvalue weighted by atomic mass is 9.93. The maximum atomic E-state index is 12.1. The Labute approximate surface area is 132 Å². The van der Waals surface area contributed by atoms with Gasteiger partial charge in [-0.25, -0.2) is 0 Å². The number of rotatable bonds is 5. The SMILES string of the molecule is COc1ccc(CNC2CCN(C(=O)C3CC3)CC2C)cc1. The zero-order chi connectivity index (χ0) is 15.5. The number of piperidine rings is 1. The van der Waals surface area contributed by atoms with Crippen molar-refractivity contribution in [1.29, 1.82) is 0 Å². The molecule has 1 saturated carbocycles. The highest BCUT2D eigenvalue weighted by molar-refractivity contribution is 5.81. The van der Waals surface area contributed by atoms with Crippen molar-refractivity contribution in [3.05, 3.63) is 29.8 Å². The van der Waals surface area contributed by atoms with Crippen molar-refractivity contribution < 1.29 is 9.53 Å². The number of carbonyl (C=O) groups excluding carboxylic acids is 1. The molecule has 0 spiro atoms. The Balaban J connectivity index is 1.47. The third-order valence-electron chi connectivity index (χ3n) is 4.87. The van der Waals surface area contributed by atoms with Crippen LogP contribution in [0.5, 0.6) is 5.75 Å². The molecule has 120 valence electrons. The summed E-state index contributed by atoms with van der Waals surface area (Å²) in [5.74, 6) is 2.13. The standard InChI is InChI=1S/C18H26N2O2/c1-13-12-20(18(21)15-5-6-15)10-9-17(13)19-11-14-3-7-16(22-2)8-4-14/h3-4,7-8,13,15,17,19H,5-6,9-12H2,1-2H3. The zero-order valence-electron chi connectivity index (χ0n) is 13.5. The van der Waals surface area contributed by atoms with Crippen LogP contribution in [-0.4, -0.2) is 37.0 Å². The van der Waals surface area contributed by atoms with Crippen LogP contribution in [-0.2, 0) is 11.3 Å². The minimum atomic E-state index is 0.344. The summed E-state index contributed by atoms with van der Waals surface area (Å²) in [7, 11) is 1.69. The van der Waals surface area contributed by atoms with Gasteiger partial charge in [0.05, 0.1) is 7.11 Å². The van der Waals surface area contributed by atoms with Gasteiger partial charge in [0.15, 0.2) is 0 Å². The van der Waals surface area contributed by atoms with Gasteiger partial charge < -0.3 is 15.0 Å². The molecule has 0 bridgehead atoms. The van der Waals surface area contributed by atoms with Crippen LogP contribution in [0.3, 0.4) is 0 Å². The van der Waals surface area contributed by atoms with E-state index >= 15 is 0 Å². The van der Waals surface area contributed by atoms with Crippen LogP contribution in [0.1, 0.15) is 31.7 Å². The Morgan fingerprint density at radius 1 is 1.27 bits per heavy atom. The van der Waals surface area contributed by atoms with E-state index in [1.54, 1.807) is 7.11 Å². The number of methoxy groups -OCH3 is 1. The molecule has 2 fully saturated rings. The monoisotopic (exact) mass is 302 g/mol. The quantitative estimate of drug-likeness (QED) is 0.908. The Bertz CT molecular complexity index is 510. The van der Waals surface area contributed by atoms with Crippen LogP contribution < -0.4 is 10.1 Å². The molecule has 0 radical (unpaired) electrons. The fourth-order valence-electron chi connectivity index (χ4n) is 3.23. The molecule has 1 heterocycles. The summed E-state index contributed by atoms with van der Waals surface area (Å²) in [4.78, 5) is 14.2. The van der Waals surface area contributed by atoms with Gasteiger partial charge in [-0.3, -0.25) is 4.79 Å². The van der Waals surface area contributed by atoms with Gasteiger partial charge in [-0.05, 0) is 42.9 Å². The van der Waals surface area contributed by atoms with Gasteiger partial charge in [-0.1, -0.05) is 19.1 Å². The molecular weight excluding hydrogens is 276 g/mol. The van der Waals surface area contributed by atoms with E-state index in [1.807, 2.05) is 12.1 Å². The average Bonchev–Trinajstić information content (AvgIpc) is 3.38. The molecule has 1 aliphatic carbocycles. The normalized spacial score (nSPS) is 25.1. The largest absolute Gasteiger partial charge is 0.497 e. The van der Waals surface area contributed by atoms with Crippen molar-refractivity contribution in [2.24, 2.45) is 11.8 Å². The topological polar surface area (TPSA) is 41.6 Å². The molecule has 0 aromatic heterocycles. The Morgan fingerprint density at radius 2 is 2.00 bits per heavy atom. The minimum Gasteiger partial charge on any atom is -0.497 e. The van der Waals surface area contributed by atoms with E-state index in [1.165, 1.54) is 5.56 Å². The van der Waals surface area contributed by atoms with E-state index in [9.17, 15) is 4.79 Å². The van der Waals surface area contributed by atoms with Crippen molar-refractivity contribution in [3.8, 4) is 5.75 Å². The molecule has 1 amide bonds. The summed E-state index contributed by atoms with van der Waals surface area (Å²) >= 11 is 0. The van der Waals surface area contributed by atoms with Crippen LogP contribution in [0.4, 0.5) is 0 Å². The smallest absolute Gasteiger partial charge is 0.225 e. The maximum absolute atomic E-state index is 12.1. The Kier molecular flexibility index (Phi) is 4.67. The summed E-state index contributed by atoms with van der Waals surface area (Å²) in [5.41, 5.74) is 1.27. The lowest BCUT2D eigenvalue weighted by Gasteiger charge is -2.37. The number of nitrogens with one attached hydrogen (secondary N) is 1. The summed E-state index contributed by atoms with van der Waals surface area (Å²) < 4.78 is 5.18. The molecular formula is C18H26N2O2. The Hall–Kier alpha value is -1.55. The molecule has 2 atom stereocenters. The van der Waals surface area contributed by atoms with E-state index in [4.69, 9.17) is 4.74 Å². The molecule has 2 aliphatic rings. The van der Waals surface area contributed by atoms with Gasteiger partial charge in [0.1, 0.15) is 5.75 Å². The molecule has 1 aliphatic heterocycles. The molecule has 4 heteroatoms. The van der Waals surface area contributed by atoms with Gasteiger partial charge in [0.25, 0.3) is 0 Å². The highest BCUT2D eigenvalue weighted by atomic mass is 16.5. The van der Waals surface area contributed by atoms with Crippen LogP contribution in [0.25, 0.3) is 0 Å². The van der Waals surface area contributed by atoms with E-state index in [2.05, 4.69) is 29.3 Å². The lowest BCUT2D eigenvalue weighted by Crippen LogP contribution is -2.50. The summed E-state index contributed by atoms with van der Waals surface area (Å²) in [6.45, 7) is 4.92. The van der Waals surface area contributed by atoms with Crippen LogP contribution in [0, 0.1) is 11.8 Å². The number of hydrogen-bond acceptors (Lipinski definition) is 3. The summed E-state index contributed by atoms with van der Waals surface area (Å²) in [5, 5.41) is 3.65. The number of amides is 1. The van der Waals surface area contributed by atoms with Crippen LogP contribution in [0.15, 0.2) is 24.3 Å². The molecule has 1 aromatic carbocycles. The summed E-state index contributed by atoms with van der Waals surface area (Å²) in [6.07, 6.45) is 3.25. The van der Waals surface area contributed by atoms with Gasteiger partial charge in [-0.2, -0.15) is 0 Å². The van der Waals surface area contributed by atoms with Crippen molar-refractivity contribution in [1.82, 2.24) is 10.2 Å². The van der Waals surface area contributed by atoms with Crippen molar-refractivity contribution >= 4 is 5.91 Å². The van der Waals surface area contributed by atoms with Crippen LogP contribution >= 0.6 is 0 Å². The molecule has 2 unspecified atom stereocenters. The first kappa shape index (κ1) is 15.3. The second kappa shape index (κ2) is 6.69. The first-order chi connectivity index (χ1) is 10.7. The first-order valence-electron chi connectivity index (χ1n) is 8.32. The Morgan fingerprint density at radius 3 is 2.59 bits per heavy atom. The first-order valence-corrected chi connectivity index (χ1v) is 8.32. The fraction of sp³-hybridized carbons (Fsp3) is 0.611. The molecule has 22 heavy (non-hydrogen) atoms. The highest BCUT2D eigenvalue weighted by Gasteiger charge is 2.36. The third-order valence-corrected chi connectivity index (χ3v) is 4.87. The molecule has 1 N–H and O–H groups in total. The van der Waals surface area contributed by atoms with Gasteiger partial charge in [0.2, 0.25) is 5.91 Å². The predicted octanol–water partition coefficient (Wildman–Crippen LogP) is 2.43. The van der Waals surface area contributed by atoms with E-state index in [-0.39, 0.29) is 0 Å². The second-order valence-corrected chi connectivity index (χ2v) is 6.66. The average molecular weight is 302 g/mol. The van der Waals surface area contributed by atoms with Crippen molar-refractivity contribution in [2.45, 2.75) is 38.8 Å². The van der Waals surface area contributed by atoms with Gasteiger partial charge in [0, 0.05) is 31.6 Å². The molecule has 4 nitrogen and oxygen atoms in total. The van der Waals surface area contributed by atoms with Crippen molar-refractivity contribution in [3.63, 3.8) is 0 Å². The second-order valence-electron chi connectivity index (χ2n) is 6.66. The molecule has 1 aromatic rings. The maximum Gasteiger partial charge on any atom is 0.225 e. The molecule has 3 rings (SSSR count). The lowest BCUT2D eigenvalue weighted by molar-refractivity contribution is -0.134. The number of likely N-dealkylation sites (tertiary alicyclic amines) is 1. The number of benzene rings is 1. The number of nitrogens with zero attached hydrogens (tertiary/aromatic N) is 1. The van der Waals surface area contributed by atoms with Gasteiger partial charge >= 0.3 is 0 Å². The highest BCUT2D eigenvalue weighted by Crippen LogP contribution is 2.32. The van der Waals surface area contributed by atoms with E-state index < -0.39 is 0 Å². The summed E-state index contributed by atoms with van der Waals surface area (Å²) in [6, 6.07) is 8.68. The zero-order valence-corrected chi connectivity index (χ0v) is 13.5. The van der Waals surface area contributed by atoms with E-state index in [0.29, 0.717) is 23.8 Å². The number of carbonyl (C=O) groups is 1.